The van der Waals surface area contributed by atoms with Crippen molar-refractivity contribution >= 4 is 17.3 Å². The predicted octanol–water partition coefficient (Wildman–Crippen LogP) is -0.395. The van der Waals surface area contributed by atoms with Gasteiger partial charge in [0.2, 0.25) is 0 Å². The minimum atomic E-state index is -1.36. The van der Waals surface area contributed by atoms with E-state index in [-0.39, 0.29) is 16.8 Å². The molecule has 0 amide bonds. The van der Waals surface area contributed by atoms with Crippen molar-refractivity contribution in [1.29, 1.82) is 0 Å². The van der Waals surface area contributed by atoms with Crippen LogP contribution in [0.2, 0.25) is 5.02 Å². The minimum Gasteiger partial charge on any atom is -0.394 e. The van der Waals surface area contributed by atoms with Crippen molar-refractivity contribution in [3.8, 4) is 0 Å². The molecule has 1 heterocycles. The fourth-order valence-electron chi connectivity index (χ4n) is 1.45. The number of hydrogen-bond acceptors (Lipinski definition) is 6. The van der Waals surface area contributed by atoms with Gasteiger partial charge in [0.1, 0.15) is 10.6 Å². The molecule has 7 nitrogen and oxygen atoms in total. The Morgan fingerprint density at radius 1 is 1.37 bits per heavy atom. The van der Waals surface area contributed by atoms with Crippen LogP contribution in [0.3, 0.4) is 0 Å². The number of aliphatic hydroxyl groups excluding tert-OH is 3. The zero-order chi connectivity index (χ0) is 14.6. The zero-order valence-corrected chi connectivity index (χ0v) is 11.6. The van der Waals surface area contributed by atoms with Crippen molar-refractivity contribution in [2.75, 3.05) is 25.1 Å². The second-order valence-corrected chi connectivity index (χ2v) is 4.97. The van der Waals surface area contributed by atoms with E-state index in [2.05, 4.69) is 10.4 Å². The maximum absolute atomic E-state index is 11.9. The van der Waals surface area contributed by atoms with Gasteiger partial charge in [0, 0.05) is 0 Å². The Morgan fingerprint density at radius 3 is 2.32 bits per heavy atom. The van der Waals surface area contributed by atoms with Gasteiger partial charge in [-0.3, -0.25) is 4.79 Å². The summed E-state index contributed by atoms with van der Waals surface area (Å²) in [7, 11) is 0. The molecule has 0 radical (unpaired) electrons. The molecule has 0 aliphatic heterocycles. The molecule has 0 aromatic carbocycles. The summed E-state index contributed by atoms with van der Waals surface area (Å²) in [5.74, 6) is 0. The number of aromatic nitrogens is 2. The number of rotatable bonds is 6. The number of aliphatic hydroxyl groups is 3. The minimum absolute atomic E-state index is 0.108. The molecule has 4 N–H and O–H groups in total. The van der Waals surface area contributed by atoms with Crippen LogP contribution in [0.25, 0.3) is 0 Å². The van der Waals surface area contributed by atoms with Crippen molar-refractivity contribution in [2.24, 2.45) is 0 Å². The molecule has 0 aliphatic rings. The van der Waals surface area contributed by atoms with Gasteiger partial charge in [0.15, 0.2) is 0 Å². The lowest BCUT2D eigenvalue weighted by Gasteiger charge is -2.30. The lowest BCUT2D eigenvalue weighted by Crippen LogP contribution is -2.49. The van der Waals surface area contributed by atoms with Gasteiger partial charge in [-0.25, -0.2) is 4.68 Å². The normalized spacial score (nSPS) is 11.9. The van der Waals surface area contributed by atoms with Crippen LogP contribution in [0.5, 0.6) is 0 Å². The van der Waals surface area contributed by atoms with E-state index < -0.39 is 30.9 Å². The van der Waals surface area contributed by atoms with Gasteiger partial charge in [-0.05, 0) is 13.8 Å². The van der Waals surface area contributed by atoms with Crippen LogP contribution in [-0.4, -0.2) is 50.5 Å². The average molecular weight is 292 g/mol. The van der Waals surface area contributed by atoms with Crippen molar-refractivity contribution in [3.63, 3.8) is 0 Å². The molecule has 0 spiro atoms. The summed E-state index contributed by atoms with van der Waals surface area (Å²) in [6, 6.07) is -0.141. The van der Waals surface area contributed by atoms with E-state index in [1.54, 1.807) is 13.8 Å². The highest BCUT2D eigenvalue weighted by molar-refractivity contribution is 6.32. The first kappa shape index (κ1) is 15.9. The maximum atomic E-state index is 11.9. The van der Waals surface area contributed by atoms with Gasteiger partial charge in [0.05, 0.1) is 37.7 Å². The highest BCUT2D eigenvalue weighted by atomic mass is 35.5. The summed E-state index contributed by atoms with van der Waals surface area (Å²) in [6.07, 6.45) is 1.32. The van der Waals surface area contributed by atoms with Gasteiger partial charge in [-0.2, -0.15) is 5.10 Å². The molecule has 19 heavy (non-hydrogen) atoms. The molecule has 0 aliphatic carbocycles. The Labute approximate surface area is 115 Å². The quantitative estimate of drug-likeness (QED) is 0.568. The van der Waals surface area contributed by atoms with Gasteiger partial charge >= 0.3 is 0 Å². The van der Waals surface area contributed by atoms with Crippen LogP contribution in [-0.2, 0) is 0 Å². The van der Waals surface area contributed by atoms with Crippen molar-refractivity contribution in [2.45, 2.75) is 25.4 Å². The first-order valence-electron chi connectivity index (χ1n) is 5.79. The first-order valence-corrected chi connectivity index (χ1v) is 6.16. The van der Waals surface area contributed by atoms with E-state index in [1.165, 1.54) is 10.9 Å². The summed E-state index contributed by atoms with van der Waals surface area (Å²) in [6.45, 7) is 2.01. The number of anilines is 1. The van der Waals surface area contributed by atoms with Crippen molar-refractivity contribution in [1.82, 2.24) is 9.78 Å². The van der Waals surface area contributed by atoms with E-state index in [0.717, 1.165) is 0 Å². The molecule has 0 saturated heterocycles. The van der Waals surface area contributed by atoms with E-state index >= 15 is 0 Å². The molecule has 8 heteroatoms. The second kappa shape index (κ2) is 6.33. The summed E-state index contributed by atoms with van der Waals surface area (Å²) in [4.78, 5) is 11.9. The maximum Gasteiger partial charge on any atom is 0.287 e. The Balaban J connectivity index is 3.17. The monoisotopic (exact) mass is 291 g/mol. The lowest BCUT2D eigenvalue weighted by molar-refractivity contribution is 0.0833. The molecular weight excluding hydrogens is 274 g/mol. The van der Waals surface area contributed by atoms with Gasteiger partial charge in [-0.1, -0.05) is 11.6 Å². The number of hydrogen-bond donors (Lipinski definition) is 4. The Hall–Kier alpha value is -1.15. The topological polar surface area (TPSA) is 108 Å². The Morgan fingerprint density at radius 2 is 1.89 bits per heavy atom. The SMILES string of the molecule is CC(C)n1ncc(NC(CO)(CO)CO)c(Cl)c1=O. The summed E-state index contributed by atoms with van der Waals surface area (Å²) < 4.78 is 1.21. The summed E-state index contributed by atoms with van der Waals surface area (Å²) in [5.41, 5.74) is -1.69. The summed E-state index contributed by atoms with van der Waals surface area (Å²) in [5, 5.41) is 34.1. The Kier molecular flexibility index (Phi) is 5.30. The number of halogens is 1. The van der Waals surface area contributed by atoms with Crippen LogP contribution in [0.15, 0.2) is 11.0 Å². The van der Waals surface area contributed by atoms with Crippen molar-refractivity contribution in [3.05, 3.63) is 21.6 Å². The molecule has 1 aromatic rings. The molecule has 1 rings (SSSR count). The van der Waals surface area contributed by atoms with Gasteiger partial charge in [-0.15, -0.1) is 0 Å². The third kappa shape index (κ3) is 3.24. The third-order valence-corrected chi connectivity index (χ3v) is 3.11. The fourth-order valence-corrected chi connectivity index (χ4v) is 1.64. The van der Waals surface area contributed by atoms with Gasteiger partial charge < -0.3 is 20.6 Å². The molecule has 0 atom stereocenters. The van der Waals surface area contributed by atoms with E-state index in [1.807, 2.05) is 0 Å². The van der Waals surface area contributed by atoms with E-state index in [0.29, 0.717) is 0 Å². The molecule has 0 fully saturated rings. The van der Waals surface area contributed by atoms with E-state index in [4.69, 9.17) is 11.6 Å². The van der Waals surface area contributed by atoms with Crippen LogP contribution >= 0.6 is 11.6 Å². The number of nitrogens with one attached hydrogen (secondary N) is 1. The standard InChI is InChI=1S/C11H18ClN3O4/c1-7(2)15-10(19)9(12)8(3-13-15)14-11(4-16,5-17)6-18/h3,7,14,16-18H,4-6H2,1-2H3. The predicted molar refractivity (Wildman–Crippen MR) is 71.5 cm³/mol. The molecule has 0 saturated carbocycles. The van der Waals surface area contributed by atoms with Crippen LogP contribution in [0.1, 0.15) is 19.9 Å². The highest BCUT2D eigenvalue weighted by Gasteiger charge is 2.29. The summed E-state index contributed by atoms with van der Waals surface area (Å²) >= 11 is 5.94. The van der Waals surface area contributed by atoms with Crippen LogP contribution < -0.4 is 10.9 Å². The molecule has 1 aromatic heterocycles. The van der Waals surface area contributed by atoms with Crippen molar-refractivity contribution < 1.29 is 15.3 Å². The molecular formula is C11H18ClN3O4. The zero-order valence-electron chi connectivity index (χ0n) is 10.8. The molecule has 0 unspecified atom stereocenters. The molecule has 0 bridgehead atoms. The first-order chi connectivity index (χ1) is 8.90. The third-order valence-electron chi connectivity index (χ3n) is 2.74. The van der Waals surface area contributed by atoms with E-state index in [9.17, 15) is 20.1 Å². The van der Waals surface area contributed by atoms with Crippen LogP contribution in [0.4, 0.5) is 5.69 Å². The van der Waals surface area contributed by atoms with Crippen LogP contribution in [0, 0.1) is 0 Å². The fraction of sp³-hybridized carbons (Fsp3) is 0.636. The Bertz CT molecular complexity index is 477. The average Bonchev–Trinajstić information content (AvgIpc) is 2.40. The molecule has 108 valence electrons. The second-order valence-electron chi connectivity index (χ2n) is 4.60. The lowest BCUT2D eigenvalue weighted by atomic mass is 10.0. The number of nitrogens with zero attached hydrogens (tertiary/aromatic N) is 2. The largest absolute Gasteiger partial charge is 0.394 e. The smallest absolute Gasteiger partial charge is 0.287 e. The highest BCUT2D eigenvalue weighted by Crippen LogP contribution is 2.21. The van der Waals surface area contributed by atoms with Gasteiger partial charge in [0.25, 0.3) is 5.56 Å².